The molecule has 1 aliphatic heterocycles. The Morgan fingerprint density at radius 2 is 1.68 bits per heavy atom. The van der Waals surface area contributed by atoms with Crippen LogP contribution in [0, 0.1) is 6.92 Å². The second-order valence-electron chi connectivity index (χ2n) is 4.45. The van der Waals surface area contributed by atoms with Crippen molar-refractivity contribution in [1.29, 1.82) is 0 Å². The van der Waals surface area contributed by atoms with Crippen molar-refractivity contribution < 1.29 is 9.47 Å². The van der Waals surface area contributed by atoms with Gasteiger partial charge in [0.25, 0.3) is 0 Å². The molecule has 19 heavy (non-hydrogen) atoms. The van der Waals surface area contributed by atoms with Gasteiger partial charge in [-0.15, -0.1) is 22.7 Å². The average Bonchev–Trinajstić information content (AvgIpc) is 3.06. The molecule has 1 fully saturated rings. The van der Waals surface area contributed by atoms with Crippen molar-refractivity contribution in [2.75, 3.05) is 13.2 Å². The molecule has 0 saturated carbocycles. The average molecular weight is 292 g/mol. The van der Waals surface area contributed by atoms with Crippen LogP contribution in [0.3, 0.4) is 0 Å². The van der Waals surface area contributed by atoms with E-state index in [1.807, 2.05) is 11.3 Å². The van der Waals surface area contributed by atoms with Crippen LogP contribution in [0.5, 0.6) is 0 Å². The predicted octanol–water partition coefficient (Wildman–Crippen LogP) is 4.72. The van der Waals surface area contributed by atoms with Crippen molar-refractivity contribution in [2.45, 2.75) is 19.6 Å². The lowest BCUT2D eigenvalue weighted by atomic mass is 10.3. The minimum Gasteiger partial charge on any atom is -0.348 e. The topological polar surface area (TPSA) is 18.5 Å². The quantitative estimate of drug-likeness (QED) is 0.814. The Kier molecular flexibility index (Phi) is 4.13. The van der Waals surface area contributed by atoms with Crippen LogP contribution >= 0.6 is 22.7 Å². The molecule has 1 saturated heterocycles. The Hall–Kier alpha value is -0.940. The maximum Gasteiger partial charge on any atom is 0.193 e. The fraction of sp³-hybridized carbons (Fsp3) is 0.333. The molecule has 2 aromatic rings. The Balaban J connectivity index is 1.69. The van der Waals surface area contributed by atoms with E-state index >= 15 is 0 Å². The molecule has 0 spiro atoms. The lowest BCUT2D eigenvalue weighted by Crippen LogP contribution is -2.16. The molecule has 2 aromatic heterocycles. The summed E-state index contributed by atoms with van der Waals surface area (Å²) in [5.74, 6) is 0. The Morgan fingerprint density at radius 1 is 1.00 bits per heavy atom. The molecular formula is C15H16O2S2. The normalized spacial score (nSPS) is 17.3. The zero-order valence-corrected chi connectivity index (χ0v) is 12.4. The number of hydrogen-bond acceptors (Lipinski definition) is 4. The highest BCUT2D eigenvalue weighted by Crippen LogP contribution is 2.30. The van der Waals surface area contributed by atoms with Crippen molar-refractivity contribution in [1.82, 2.24) is 0 Å². The number of thiophene rings is 2. The SMILES string of the molecule is Cc1ccc(/C=C/c2ccc(C3OCCCO3)s2)s1. The van der Waals surface area contributed by atoms with E-state index in [1.54, 1.807) is 11.3 Å². The zero-order valence-electron chi connectivity index (χ0n) is 10.8. The van der Waals surface area contributed by atoms with E-state index in [1.165, 1.54) is 14.6 Å². The van der Waals surface area contributed by atoms with Gasteiger partial charge >= 0.3 is 0 Å². The third-order valence-electron chi connectivity index (χ3n) is 2.88. The van der Waals surface area contributed by atoms with Gasteiger partial charge in [0.2, 0.25) is 0 Å². The maximum atomic E-state index is 5.61. The summed E-state index contributed by atoms with van der Waals surface area (Å²) in [6.07, 6.45) is 5.15. The van der Waals surface area contributed by atoms with Gasteiger partial charge < -0.3 is 9.47 Å². The summed E-state index contributed by atoms with van der Waals surface area (Å²) in [5.41, 5.74) is 0. The van der Waals surface area contributed by atoms with Crippen LogP contribution in [-0.4, -0.2) is 13.2 Å². The predicted molar refractivity (Wildman–Crippen MR) is 81.6 cm³/mol. The third-order valence-corrected chi connectivity index (χ3v) is 4.92. The van der Waals surface area contributed by atoms with Crippen LogP contribution in [0.4, 0.5) is 0 Å². The summed E-state index contributed by atoms with van der Waals surface area (Å²) < 4.78 is 11.2. The van der Waals surface area contributed by atoms with E-state index in [4.69, 9.17) is 9.47 Å². The van der Waals surface area contributed by atoms with Crippen LogP contribution < -0.4 is 0 Å². The van der Waals surface area contributed by atoms with Gasteiger partial charge in [-0.2, -0.15) is 0 Å². The van der Waals surface area contributed by atoms with E-state index in [0.29, 0.717) is 0 Å². The minimum atomic E-state index is -0.162. The van der Waals surface area contributed by atoms with Gasteiger partial charge in [0.05, 0.1) is 18.1 Å². The Bertz CT molecular complexity index is 562. The summed E-state index contributed by atoms with van der Waals surface area (Å²) >= 11 is 3.54. The Morgan fingerprint density at radius 3 is 2.37 bits per heavy atom. The molecule has 0 unspecified atom stereocenters. The van der Waals surface area contributed by atoms with Crippen LogP contribution in [-0.2, 0) is 9.47 Å². The van der Waals surface area contributed by atoms with Crippen LogP contribution in [0.1, 0.15) is 32.2 Å². The van der Waals surface area contributed by atoms with Crippen molar-refractivity contribution in [2.24, 2.45) is 0 Å². The fourth-order valence-electron chi connectivity index (χ4n) is 1.94. The van der Waals surface area contributed by atoms with Gasteiger partial charge in [0.1, 0.15) is 0 Å². The van der Waals surface area contributed by atoms with Gasteiger partial charge in [0.15, 0.2) is 6.29 Å². The van der Waals surface area contributed by atoms with Crippen LogP contribution in [0.2, 0.25) is 0 Å². The first-order valence-corrected chi connectivity index (χ1v) is 8.02. The van der Waals surface area contributed by atoms with Crippen LogP contribution in [0.25, 0.3) is 12.2 Å². The molecule has 100 valence electrons. The first kappa shape index (κ1) is 13.1. The van der Waals surface area contributed by atoms with Gasteiger partial charge in [-0.25, -0.2) is 0 Å². The molecule has 0 radical (unpaired) electrons. The molecule has 0 amide bonds. The smallest absolute Gasteiger partial charge is 0.193 e. The molecule has 1 aliphatic rings. The highest BCUT2D eigenvalue weighted by atomic mass is 32.1. The second-order valence-corrected chi connectivity index (χ2v) is 6.92. The van der Waals surface area contributed by atoms with Crippen molar-refractivity contribution >= 4 is 34.8 Å². The number of aryl methyl sites for hydroxylation is 1. The standard InChI is InChI=1S/C15H16O2S2/c1-11-3-4-12(18-11)5-6-13-7-8-14(19-13)15-16-9-2-10-17-15/h3-8,15H,2,9-10H2,1H3/b6-5+. The molecular weight excluding hydrogens is 276 g/mol. The van der Waals surface area contributed by atoms with Crippen LogP contribution in [0.15, 0.2) is 24.3 Å². The largest absolute Gasteiger partial charge is 0.348 e. The second kappa shape index (κ2) is 6.01. The Labute approximate surface area is 121 Å². The maximum absolute atomic E-state index is 5.61. The summed E-state index contributed by atoms with van der Waals surface area (Å²) in [5, 5.41) is 0. The van der Waals surface area contributed by atoms with Crippen molar-refractivity contribution in [3.05, 3.63) is 43.8 Å². The van der Waals surface area contributed by atoms with Gasteiger partial charge in [0, 0.05) is 14.6 Å². The summed E-state index contributed by atoms with van der Waals surface area (Å²) in [7, 11) is 0. The van der Waals surface area contributed by atoms with E-state index in [0.717, 1.165) is 24.5 Å². The van der Waals surface area contributed by atoms with E-state index in [2.05, 4.69) is 43.3 Å². The molecule has 3 rings (SSSR count). The number of rotatable bonds is 3. The van der Waals surface area contributed by atoms with Crippen molar-refractivity contribution in [3.63, 3.8) is 0 Å². The molecule has 0 atom stereocenters. The zero-order chi connectivity index (χ0) is 13.1. The molecule has 0 aromatic carbocycles. The summed E-state index contributed by atoms with van der Waals surface area (Å²) in [6.45, 7) is 3.72. The minimum absolute atomic E-state index is 0.162. The van der Waals surface area contributed by atoms with Gasteiger partial charge in [-0.3, -0.25) is 0 Å². The highest BCUT2D eigenvalue weighted by molar-refractivity contribution is 7.13. The lowest BCUT2D eigenvalue weighted by Gasteiger charge is -2.21. The molecule has 4 heteroatoms. The van der Waals surface area contributed by atoms with E-state index < -0.39 is 0 Å². The molecule has 0 bridgehead atoms. The third kappa shape index (κ3) is 3.34. The first-order valence-electron chi connectivity index (χ1n) is 6.39. The van der Waals surface area contributed by atoms with Gasteiger partial charge in [-0.05, 0) is 49.8 Å². The van der Waals surface area contributed by atoms with Crippen molar-refractivity contribution in [3.8, 4) is 0 Å². The first-order chi connectivity index (χ1) is 9.31. The monoisotopic (exact) mass is 292 g/mol. The van der Waals surface area contributed by atoms with Gasteiger partial charge in [-0.1, -0.05) is 0 Å². The number of ether oxygens (including phenoxy) is 2. The van der Waals surface area contributed by atoms with E-state index in [-0.39, 0.29) is 6.29 Å². The summed E-state index contributed by atoms with van der Waals surface area (Å²) in [6, 6.07) is 8.52. The molecule has 0 N–H and O–H groups in total. The molecule has 0 aliphatic carbocycles. The highest BCUT2D eigenvalue weighted by Gasteiger charge is 2.17. The molecule has 3 heterocycles. The molecule has 2 nitrogen and oxygen atoms in total. The van der Waals surface area contributed by atoms with E-state index in [9.17, 15) is 0 Å². The number of hydrogen-bond donors (Lipinski definition) is 0. The summed E-state index contributed by atoms with van der Waals surface area (Å²) in [4.78, 5) is 5.02. The fourth-order valence-corrected chi connectivity index (χ4v) is 3.64. The lowest BCUT2D eigenvalue weighted by molar-refractivity contribution is -0.181.